The van der Waals surface area contributed by atoms with E-state index in [-0.39, 0.29) is 11.5 Å². The van der Waals surface area contributed by atoms with Gasteiger partial charge in [-0.05, 0) is 24.7 Å². The van der Waals surface area contributed by atoms with Crippen LogP contribution in [-0.2, 0) is 0 Å². The average Bonchev–Trinajstić information content (AvgIpc) is 2.07. The van der Waals surface area contributed by atoms with Crippen LogP contribution in [0.2, 0.25) is 0 Å². The van der Waals surface area contributed by atoms with Crippen LogP contribution < -0.4 is 0 Å². The standard InChI is InChI=1S/C11H18O/c1-3-4-8-11(2)9-6-5-7-10(11)12/h1,10,12H,4-9H2,2H3/t10?,11-/m1/s1. The molecule has 1 rings (SSSR count). The lowest BCUT2D eigenvalue weighted by Crippen LogP contribution is -2.35. The number of aliphatic hydroxyl groups excluding tert-OH is 1. The zero-order valence-corrected chi connectivity index (χ0v) is 7.84. The van der Waals surface area contributed by atoms with Crippen LogP contribution in [0.3, 0.4) is 0 Å². The summed E-state index contributed by atoms with van der Waals surface area (Å²) in [6.45, 7) is 2.16. The molecule has 1 fully saturated rings. The van der Waals surface area contributed by atoms with Crippen LogP contribution in [-0.4, -0.2) is 11.2 Å². The summed E-state index contributed by atoms with van der Waals surface area (Å²) in [5.41, 5.74) is 0.102. The molecule has 0 aromatic rings. The minimum atomic E-state index is -0.125. The highest BCUT2D eigenvalue weighted by Crippen LogP contribution is 2.39. The summed E-state index contributed by atoms with van der Waals surface area (Å²) < 4.78 is 0. The van der Waals surface area contributed by atoms with Gasteiger partial charge < -0.3 is 5.11 Å². The van der Waals surface area contributed by atoms with E-state index in [1.165, 1.54) is 12.8 Å². The van der Waals surface area contributed by atoms with Gasteiger partial charge in [0.15, 0.2) is 0 Å². The molecule has 0 heterocycles. The van der Waals surface area contributed by atoms with E-state index in [2.05, 4.69) is 12.8 Å². The van der Waals surface area contributed by atoms with Crippen molar-refractivity contribution in [1.29, 1.82) is 0 Å². The molecule has 0 spiro atoms. The first-order chi connectivity index (χ1) is 5.69. The van der Waals surface area contributed by atoms with Crippen LogP contribution >= 0.6 is 0 Å². The van der Waals surface area contributed by atoms with Gasteiger partial charge in [0.25, 0.3) is 0 Å². The molecule has 0 saturated heterocycles. The molecule has 0 aromatic carbocycles. The molecule has 68 valence electrons. The highest BCUT2D eigenvalue weighted by Gasteiger charge is 2.34. The molecule has 1 aliphatic rings. The molecule has 0 bridgehead atoms. The maximum atomic E-state index is 9.79. The van der Waals surface area contributed by atoms with Gasteiger partial charge in [-0.1, -0.05) is 19.8 Å². The maximum absolute atomic E-state index is 9.79. The van der Waals surface area contributed by atoms with Crippen molar-refractivity contribution in [2.75, 3.05) is 0 Å². The first-order valence-electron chi connectivity index (χ1n) is 4.80. The third kappa shape index (κ3) is 2.01. The third-order valence-electron chi connectivity index (χ3n) is 3.12. The van der Waals surface area contributed by atoms with E-state index in [1.807, 2.05) is 0 Å². The van der Waals surface area contributed by atoms with E-state index in [0.29, 0.717) is 0 Å². The largest absolute Gasteiger partial charge is 0.393 e. The lowest BCUT2D eigenvalue weighted by atomic mass is 9.71. The molecule has 0 aromatic heterocycles. The molecule has 1 saturated carbocycles. The number of hydrogen-bond acceptors (Lipinski definition) is 1. The molecule has 1 N–H and O–H groups in total. The Kier molecular flexibility index (Phi) is 3.17. The van der Waals surface area contributed by atoms with Crippen LogP contribution in [0.1, 0.15) is 45.4 Å². The Hall–Kier alpha value is -0.480. The van der Waals surface area contributed by atoms with Crippen molar-refractivity contribution in [3.63, 3.8) is 0 Å². The SMILES string of the molecule is C#CCC[C@]1(C)CCCCC1O. The van der Waals surface area contributed by atoms with Crippen LogP contribution in [0.25, 0.3) is 0 Å². The van der Waals surface area contributed by atoms with Gasteiger partial charge in [-0.25, -0.2) is 0 Å². The fourth-order valence-electron chi connectivity index (χ4n) is 2.03. The van der Waals surface area contributed by atoms with Crippen LogP contribution in [0, 0.1) is 17.8 Å². The van der Waals surface area contributed by atoms with Crippen molar-refractivity contribution in [3.05, 3.63) is 0 Å². The van der Waals surface area contributed by atoms with Gasteiger partial charge in [0.05, 0.1) is 6.10 Å². The van der Waals surface area contributed by atoms with E-state index in [9.17, 15) is 5.11 Å². The first-order valence-corrected chi connectivity index (χ1v) is 4.80. The van der Waals surface area contributed by atoms with Crippen molar-refractivity contribution in [1.82, 2.24) is 0 Å². The Balaban J connectivity index is 2.48. The van der Waals surface area contributed by atoms with Crippen molar-refractivity contribution in [2.45, 2.75) is 51.6 Å². The summed E-state index contributed by atoms with van der Waals surface area (Å²) in [4.78, 5) is 0. The Morgan fingerprint density at radius 2 is 2.33 bits per heavy atom. The minimum Gasteiger partial charge on any atom is -0.393 e. The highest BCUT2D eigenvalue weighted by atomic mass is 16.3. The van der Waals surface area contributed by atoms with Crippen LogP contribution in [0.15, 0.2) is 0 Å². The zero-order valence-electron chi connectivity index (χ0n) is 7.84. The molecule has 1 nitrogen and oxygen atoms in total. The molecule has 2 atom stereocenters. The summed E-state index contributed by atoms with van der Waals surface area (Å²) in [5.74, 6) is 2.65. The van der Waals surface area contributed by atoms with Gasteiger partial charge in [-0.3, -0.25) is 0 Å². The summed E-state index contributed by atoms with van der Waals surface area (Å²) in [7, 11) is 0. The highest BCUT2D eigenvalue weighted by molar-refractivity contribution is 4.92. The lowest BCUT2D eigenvalue weighted by molar-refractivity contribution is -0.00400. The predicted octanol–water partition coefficient (Wildman–Crippen LogP) is 2.34. The van der Waals surface area contributed by atoms with Crippen molar-refractivity contribution < 1.29 is 5.11 Å². The maximum Gasteiger partial charge on any atom is 0.0594 e. The molecule has 1 unspecified atom stereocenters. The van der Waals surface area contributed by atoms with E-state index >= 15 is 0 Å². The van der Waals surface area contributed by atoms with Gasteiger partial charge in [0.2, 0.25) is 0 Å². The fraction of sp³-hybridized carbons (Fsp3) is 0.818. The molecule has 0 amide bonds. The number of terminal acetylenes is 1. The van der Waals surface area contributed by atoms with E-state index < -0.39 is 0 Å². The van der Waals surface area contributed by atoms with Crippen LogP contribution in [0.5, 0.6) is 0 Å². The number of rotatable bonds is 2. The molecule has 0 aliphatic heterocycles. The van der Waals surface area contributed by atoms with Crippen molar-refractivity contribution >= 4 is 0 Å². The molecular formula is C11H18O. The minimum absolute atomic E-state index is 0.102. The zero-order chi connectivity index (χ0) is 9.03. The van der Waals surface area contributed by atoms with E-state index in [0.717, 1.165) is 25.7 Å². The smallest absolute Gasteiger partial charge is 0.0594 e. The second kappa shape index (κ2) is 3.96. The predicted molar refractivity (Wildman–Crippen MR) is 50.6 cm³/mol. The van der Waals surface area contributed by atoms with Gasteiger partial charge in [-0.2, -0.15) is 0 Å². The Bertz CT molecular complexity index is 180. The lowest BCUT2D eigenvalue weighted by Gasteiger charge is -2.38. The second-order valence-corrected chi connectivity index (χ2v) is 4.12. The number of aliphatic hydroxyl groups is 1. The Labute approximate surface area is 75.2 Å². The molecule has 12 heavy (non-hydrogen) atoms. The molecule has 1 aliphatic carbocycles. The van der Waals surface area contributed by atoms with Gasteiger partial charge in [0.1, 0.15) is 0 Å². The van der Waals surface area contributed by atoms with Crippen LogP contribution in [0.4, 0.5) is 0 Å². The number of hydrogen-bond donors (Lipinski definition) is 1. The molecule has 1 heteroatoms. The first kappa shape index (κ1) is 9.61. The van der Waals surface area contributed by atoms with Gasteiger partial charge in [-0.15, -0.1) is 12.3 Å². The summed E-state index contributed by atoms with van der Waals surface area (Å²) in [6.07, 6.45) is 11.4. The molecular weight excluding hydrogens is 148 g/mol. The normalized spacial score (nSPS) is 35.9. The molecule has 0 radical (unpaired) electrons. The van der Waals surface area contributed by atoms with Crippen molar-refractivity contribution in [3.8, 4) is 12.3 Å². The fourth-order valence-corrected chi connectivity index (χ4v) is 2.03. The average molecular weight is 166 g/mol. The van der Waals surface area contributed by atoms with E-state index in [1.54, 1.807) is 0 Å². The summed E-state index contributed by atoms with van der Waals surface area (Å²) >= 11 is 0. The van der Waals surface area contributed by atoms with Gasteiger partial charge in [0, 0.05) is 6.42 Å². The Morgan fingerprint density at radius 1 is 1.58 bits per heavy atom. The second-order valence-electron chi connectivity index (χ2n) is 4.12. The third-order valence-corrected chi connectivity index (χ3v) is 3.12. The van der Waals surface area contributed by atoms with E-state index in [4.69, 9.17) is 6.42 Å². The quantitative estimate of drug-likeness (QED) is 0.624. The monoisotopic (exact) mass is 166 g/mol. The van der Waals surface area contributed by atoms with Gasteiger partial charge >= 0.3 is 0 Å². The Morgan fingerprint density at radius 3 is 2.92 bits per heavy atom. The van der Waals surface area contributed by atoms with Crippen molar-refractivity contribution in [2.24, 2.45) is 5.41 Å². The summed E-state index contributed by atoms with van der Waals surface area (Å²) in [6, 6.07) is 0. The summed E-state index contributed by atoms with van der Waals surface area (Å²) in [5, 5.41) is 9.79. The topological polar surface area (TPSA) is 20.2 Å².